The highest BCUT2D eigenvalue weighted by Gasteiger charge is 2.04. The van der Waals surface area contributed by atoms with E-state index in [-0.39, 0.29) is 0 Å². The van der Waals surface area contributed by atoms with Crippen molar-refractivity contribution in [2.45, 2.75) is 0 Å². The summed E-state index contributed by atoms with van der Waals surface area (Å²) in [6.07, 6.45) is 0. The first-order valence-electron chi connectivity index (χ1n) is 4.75. The Morgan fingerprint density at radius 2 is 1.61 bits per heavy atom. The second kappa shape index (κ2) is 5.48. The summed E-state index contributed by atoms with van der Waals surface area (Å²) < 4.78 is 0. The number of carboxylic acid groups (broad SMARTS) is 2. The van der Waals surface area contributed by atoms with Crippen molar-refractivity contribution < 1.29 is 24.6 Å². The SMILES string of the molecule is NC(=O)c1cc2ccccc2[nH]1.O=C(O)C(=O)O. The number of amides is 1. The number of carbonyl (C=O) groups is 3. The Morgan fingerprint density at radius 1 is 1.06 bits per heavy atom. The van der Waals surface area contributed by atoms with Gasteiger partial charge < -0.3 is 20.9 Å². The number of H-pyrrole nitrogens is 1. The number of hydrogen-bond acceptors (Lipinski definition) is 3. The maximum absolute atomic E-state index is 10.8. The van der Waals surface area contributed by atoms with E-state index >= 15 is 0 Å². The molecule has 0 aliphatic heterocycles. The van der Waals surface area contributed by atoms with Crippen molar-refractivity contribution in [3.05, 3.63) is 36.0 Å². The van der Waals surface area contributed by atoms with Crippen LogP contribution < -0.4 is 5.73 Å². The van der Waals surface area contributed by atoms with Gasteiger partial charge in [0.1, 0.15) is 5.69 Å². The minimum absolute atomic E-state index is 0.425. The second-order valence-corrected chi connectivity index (χ2v) is 3.24. The highest BCUT2D eigenvalue weighted by Crippen LogP contribution is 2.13. The molecule has 0 saturated carbocycles. The molecule has 0 fully saturated rings. The van der Waals surface area contributed by atoms with Crippen LogP contribution in [-0.2, 0) is 9.59 Å². The molecule has 18 heavy (non-hydrogen) atoms. The van der Waals surface area contributed by atoms with Gasteiger partial charge in [0.2, 0.25) is 0 Å². The molecule has 2 aromatic rings. The number of para-hydroxylation sites is 1. The molecular weight excluding hydrogens is 240 g/mol. The number of fused-ring (bicyclic) bond motifs is 1. The van der Waals surface area contributed by atoms with Crippen LogP contribution in [0.5, 0.6) is 0 Å². The van der Waals surface area contributed by atoms with E-state index in [0.717, 1.165) is 10.9 Å². The minimum Gasteiger partial charge on any atom is -0.473 e. The summed E-state index contributed by atoms with van der Waals surface area (Å²) >= 11 is 0. The van der Waals surface area contributed by atoms with Crippen molar-refractivity contribution in [2.75, 3.05) is 0 Å². The fourth-order valence-corrected chi connectivity index (χ4v) is 1.21. The quantitative estimate of drug-likeness (QED) is 0.544. The van der Waals surface area contributed by atoms with Crippen LogP contribution in [0.2, 0.25) is 0 Å². The Kier molecular flexibility index (Phi) is 4.03. The lowest BCUT2D eigenvalue weighted by Crippen LogP contribution is -2.10. The zero-order valence-electron chi connectivity index (χ0n) is 9.08. The average Bonchev–Trinajstić information content (AvgIpc) is 2.73. The molecule has 1 aromatic carbocycles. The van der Waals surface area contributed by atoms with Gasteiger partial charge >= 0.3 is 11.9 Å². The number of carboxylic acids is 2. The van der Waals surface area contributed by atoms with Gasteiger partial charge in [-0.2, -0.15) is 0 Å². The molecule has 0 unspecified atom stereocenters. The predicted molar refractivity (Wildman–Crippen MR) is 62.1 cm³/mol. The van der Waals surface area contributed by atoms with Gasteiger partial charge in [-0.15, -0.1) is 0 Å². The zero-order valence-corrected chi connectivity index (χ0v) is 9.08. The molecule has 94 valence electrons. The Balaban J connectivity index is 0.000000232. The topological polar surface area (TPSA) is 133 Å². The highest BCUT2D eigenvalue weighted by molar-refractivity contribution is 6.27. The Morgan fingerprint density at radius 3 is 2.06 bits per heavy atom. The largest absolute Gasteiger partial charge is 0.473 e. The molecule has 1 heterocycles. The second-order valence-electron chi connectivity index (χ2n) is 3.24. The molecule has 1 amide bonds. The van der Waals surface area contributed by atoms with Crippen LogP contribution in [0.25, 0.3) is 10.9 Å². The lowest BCUT2D eigenvalue weighted by Gasteiger charge is -1.85. The number of rotatable bonds is 1. The van der Waals surface area contributed by atoms with Crippen molar-refractivity contribution in [1.29, 1.82) is 0 Å². The summed E-state index contributed by atoms with van der Waals surface area (Å²) in [5.41, 5.74) is 6.50. The summed E-state index contributed by atoms with van der Waals surface area (Å²) in [6.45, 7) is 0. The number of benzene rings is 1. The fourth-order valence-electron chi connectivity index (χ4n) is 1.21. The van der Waals surface area contributed by atoms with Crippen molar-refractivity contribution >= 4 is 28.7 Å². The first kappa shape index (κ1) is 13.2. The van der Waals surface area contributed by atoms with E-state index in [1.54, 1.807) is 6.07 Å². The number of nitrogens with one attached hydrogen (secondary N) is 1. The lowest BCUT2D eigenvalue weighted by molar-refractivity contribution is -0.159. The van der Waals surface area contributed by atoms with E-state index in [0.29, 0.717) is 5.69 Å². The molecule has 5 N–H and O–H groups in total. The van der Waals surface area contributed by atoms with E-state index in [1.807, 2.05) is 24.3 Å². The maximum atomic E-state index is 10.8. The number of aliphatic carboxylic acids is 2. The normalized spacial score (nSPS) is 9.33. The van der Waals surface area contributed by atoms with Gasteiger partial charge in [0.25, 0.3) is 5.91 Å². The van der Waals surface area contributed by atoms with E-state index in [1.165, 1.54) is 0 Å². The third-order valence-corrected chi connectivity index (χ3v) is 1.98. The van der Waals surface area contributed by atoms with Crippen LogP contribution >= 0.6 is 0 Å². The van der Waals surface area contributed by atoms with Crippen LogP contribution in [0.15, 0.2) is 30.3 Å². The number of aromatic amines is 1. The summed E-state index contributed by atoms with van der Waals surface area (Å²) in [7, 11) is 0. The van der Waals surface area contributed by atoms with Crippen molar-refractivity contribution in [3.8, 4) is 0 Å². The molecule has 1 aromatic heterocycles. The number of primary amides is 1. The average molecular weight is 250 g/mol. The minimum atomic E-state index is -1.82. The third-order valence-electron chi connectivity index (χ3n) is 1.98. The third kappa shape index (κ3) is 3.34. The van der Waals surface area contributed by atoms with Crippen molar-refractivity contribution in [2.24, 2.45) is 5.73 Å². The molecule has 0 aliphatic carbocycles. The molecule has 0 radical (unpaired) electrons. The number of carbonyl (C=O) groups excluding carboxylic acids is 1. The molecule has 2 rings (SSSR count). The van der Waals surface area contributed by atoms with Crippen LogP contribution in [0, 0.1) is 0 Å². The molecular formula is C11H10N2O5. The van der Waals surface area contributed by atoms with Gasteiger partial charge in [0.05, 0.1) is 0 Å². The molecule has 0 saturated heterocycles. The van der Waals surface area contributed by atoms with Gasteiger partial charge in [0.15, 0.2) is 0 Å². The molecule has 0 spiro atoms. The van der Waals surface area contributed by atoms with Crippen molar-refractivity contribution in [3.63, 3.8) is 0 Å². The first-order valence-corrected chi connectivity index (χ1v) is 4.75. The van der Waals surface area contributed by atoms with E-state index in [9.17, 15) is 4.79 Å². The van der Waals surface area contributed by atoms with Crippen LogP contribution in [0.3, 0.4) is 0 Å². The van der Waals surface area contributed by atoms with Crippen LogP contribution in [0.1, 0.15) is 10.5 Å². The molecule has 0 bridgehead atoms. The van der Waals surface area contributed by atoms with E-state index in [4.69, 9.17) is 25.5 Å². The Hall–Kier alpha value is -2.83. The Labute approximate surface area is 101 Å². The van der Waals surface area contributed by atoms with Gasteiger partial charge in [0, 0.05) is 10.9 Å². The number of aromatic nitrogens is 1. The lowest BCUT2D eigenvalue weighted by atomic mass is 10.2. The summed E-state index contributed by atoms with van der Waals surface area (Å²) in [6, 6.07) is 9.41. The van der Waals surface area contributed by atoms with Gasteiger partial charge in [-0.1, -0.05) is 18.2 Å². The number of nitrogens with two attached hydrogens (primary N) is 1. The summed E-state index contributed by atoms with van der Waals surface area (Å²) in [5.74, 6) is -4.07. The number of hydrogen-bond donors (Lipinski definition) is 4. The van der Waals surface area contributed by atoms with Gasteiger partial charge in [-0.05, 0) is 12.1 Å². The van der Waals surface area contributed by atoms with Gasteiger partial charge in [-0.25, -0.2) is 9.59 Å². The highest BCUT2D eigenvalue weighted by atomic mass is 16.4. The maximum Gasteiger partial charge on any atom is 0.414 e. The molecule has 7 nitrogen and oxygen atoms in total. The van der Waals surface area contributed by atoms with Crippen molar-refractivity contribution in [1.82, 2.24) is 4.98 Å². The Bertz CT molecular complexity index is 557. The monoisotopic (exact) mass is 250 g/mol. The zero-order chi connectivity index (χ0) is 13.7. The predicted octanol–water partition coefficient (Wildman–Crippen LogP) is 0.422. The van der Waals surface area contributed by atoms with E-state index in [2.05, 4.69) is 4.98 Å². The smallest absolute Gasteiger partial charge is 0.414 e. The summed E-state index contributed by atoms with van der Waals surface area (Å²) in [4.78, 5) is 31.9. The van der Waals surface area contributed by atoms with Crippen LogP contribution in [-0.4, -0.2) is 33.0 Å². The molecule has 0 aliphatic rings. The molecule has 0 atom stereocenters. The van der Waals surface area contributed by atoms with Gasteiger partial charge in [-0.3, -0.25) is 4.79 Å². The first-order chi connectivity index (χ1) is 8.41. The standard InChI is InChI=1S/C9H8N2O.C2H2O4/c10-9(12)8-5-6-3-1-2-4-7(6)11-8;3-1(4)2(5)6/h1-5,11H,(H2,10,12);(H,3,4)(H,5,6). The summed E-state index contributed by atoms with van der Waals surface area (Å²) in [5, 5.41) is 15.8. The van der Waals surface area contributed by atoms with E-state index < -0.39 is 17.8 Å². The fraction of sp³-hybridized carbons (Fsp3) is 0. The van der Waals surface area contributed by atoms with Crippen LogP contribution in [0.4, 0.5) is 0 Å². The molecule has 7 heteroatoms.